The Morgan fingerprint density at radius 3 is 2.78 bits per heavy atom. The standard InChI is InChI=1S/C31H26N8O2/c32-28-24(6-2-13-33-28)29-35-26-11-12-27(38-15-3-14-34-38)37-30(26)39(29)22-8-9-23-20(17-22)7-10-25(23)36-31(41)21-5-1-4-19(16-21)18-40/h1-6,8-9,11-17,25,40H,7,10,18H2,(H2,32,33)(H,36,41)/t25-/m0/s1. The maximum atomic E-state index is 13.0. The Kier molecular flexibility index (Phi) is 6.02. The Hall–Kier alpha value is -5.35. The third-order valence-electron chi connectivity index (χ3n) is 7.45. The topological polar surface area (TPSA) is 137 Å². The van der Waals surface area contributed by atoms with Gasteiger partial charge in [0.1, 0.15) is 11.3 Å². The number of nitrogen functional groups attached to an aromatic ring is 1. The Labute approximate surface area is 235 Å². The van der Waals surface area contributed by atoms with Crippen LogP contribution in [0.4, 0.5) is 5.82 Å². The predicted octanol–water partition coefficient (Wildman–Crippen LogP) is 4.16. The van der Waals surface area contributed by atoms with E-state index >= 15 is 0 Å². The highest BCUT2D eigenvalue weighted by Crippen LogP contribution is 2.36. The SMILES string of the molecule is Nc1ncccc1-c1nc2ccc(-n3cccn3)nc2n1-c1ccc2c(c1)CC[C@@H]2NC(=O)c1cccc(CO)c1. The number of nitrogens with zero attached hydrogens (tertiary/aromatic N) is 6. The van der Waals surface area contributed by atoms with Crippen LogP contribution in [0, 0.1) is 0 Å². The number of hydrogen-bond acceptors (Lipinski definition) is 7. The molecule has 0 spiro atoms. The van der Waals surface area contributed by atoms with Crippen molar-refractivity contribution < 1.29 is 9.90 Å². The van der Waals surface area contributed by atoms with Gasteiger partial charge in [-0.2, -0.15) is 5.10 Å². The molecule has 202 valence electrons. The van der Waals surface area contributed by atoms with E-state index in [-0.39, 0.29) is 18.6 Å². The summed E-state index contributed by atoms with van der Waals surface area (Å²) in [6.45, 7) is -0.107. The summed E-state index contributed by atoms with van der Waals surface area (Å²) in [5.41, 5.74) is 12.7. The Bertz CT molecular complexity index is 1910. The highest BCUT2D eigenvalue weighted by atomic mass is 16.3. The first-order chi connectivity index (χ1) is 20.1. The zero-order chi connectivity index (χ0) is 27.9. The number of nitrogens with two attached hydrogens (primary N) is 1. The summed E-state index contributed by atoms with van der Waals surface area (Å²) in [5.74, 6) is 1.53. The number of aryl methyl sites for hydroxylation is 1. The fourth-order valence-electron chi connectivity index (χ4n) is 5.46. The fraction of sp³-hybridized carbons (Fsp3) is 0.129. The molecule has 2 aromatic carbocycles. The van der Waals surface area contributed by atoms with Gasteiger partial charge in [-0.15, -0.1) is 0 Å². The average Bonchev–Trinajstić information content (AvgIpc) is 3.76. The molecule has 1 aliphatic carbocycles. The molecule has 0 aliphatic heterocycles. The van der Waals surface area contributed by atoms with Gasteiger partial charge >= 0.3 is 0 Å². The van der Waals surface area contributed by atoms with E-state index in [1.165, 1.54) is 0 Å². The molecular weight excluding hydrogens is 516 g/mol. The van der Waals surface area contributed by atoms with Crippen molar-refractivity contribution in [2.24, 2.45) is 0 Å². The summed E-state index contributed by atoms with van der Waals surface area (Å²) in [7, 11) is 0. The largest absolute Gasteiger partial charge is 0.392 e. The number of hydrogen-bond donors (Lipinski definition) is 3. The molecule has 0 unspecified atom stereocenters. The maximum Gasteiger partial charge on any atom is 0.251 e. The van der Waals surface area contributed by atoms with Crippen molar-refractivity contribution in [3.63, 3.8) is 0 Å². The number of aliphatic hydroxyl groups is 1. The molecule has 6 aromatic rings. The Morgan fingerprint density at radius 2 is 1.95 bits per heavy atom. The molecule has 0 saturated carbocycles. The second kappa shape index (κ2) is 10.00. The first-order valence-electron chi connectivity index (χ1n) is 13.3. The van der Waals surface area contributed by atoms with Crippen LogP contribution in [-0.2, 0) is 13.0 Å². The van der Waals surface area contributed by atoms with Crippen LogP contribution in [0.5, 0.6) is 0 Å². The lowest BCUT2D eigenvalue weighted by molar-refractivity contribution is 0.0936. The van der Waals surface area contributed by atoms with Gasteiger partial charge in [0.05, 0.1) is 18.2 Å². The summed E-state index contributed by atoms with van der Waals surface area (Å²) >= 11 is 0. The third kappa shape index (κ3) is 4.40. The van der Waals surface area contributed by atoms with Crippen LogP contribution in [0.15, 0.2) is 91.4 Å². The van der Waals surface area contributed by atoms with Crippen LogP contribution in [0.2, 0.25) is 0 Å². The minimum absolute atomic E-state index is 0.107. The second-order valence-corrected chi connectivity index (χ2v) is 9.98. The molecule has 10 nitrogen and oxygen atoms in total. The summed E-state index contributed by atoms with van der Waals surface area (Å²) in [6, 6.07) is 22.6. The van der Waals surface area contributed by atoms with Gasteiger partial charge in [0.25, 0.3) is 5.91 Å². The molecule has 7 rings (SSSR count). The molecule has 1 aliphatic rings. The fourth-order valence-corrected chi connectivity index (χ4v) is 5.46. The molecule has 0 fully saturated rings. The van der Waals surface area contributed by atoms with Gasteiger partial charge in [-0.3, -0.25) is 9.36 Å². The number of fused-ring (bicyclic) bond motifs is 2. The van der Waals surface area contributed by atoms with Crippen LogP contribution in [0.1, 0.15) is 39.5 Å². The van der Waals surface area contributed by atoms with Crippen molar-refractivity contribution in [1.82, 2.24) is 34.6 Å². The van der Waals surface area contributed by atoms with Crippen LogP contribution in [0.3, 0.4) is 0 Å². The molecule has 4 heterocycles. The van der Waals surface area contributed by atoms with Crippen LogP contribution in [0.25, 0.3) is 34.1 Å². The second-order valence-electron chi connectivity index (χ2n) is 9.98. The van der Waals surface area contributed by atoms with Gasteiger partial charge in [0.15, 0.2) is 17.3 Å². The van der Waals surface area contributed by atoms with Crippen molar-refractivity contribution in [2.45, 2.75) is 25.5 Å². The number of carbonyl (C=O) groups excluding carboxylic acids is 1. The first kappa shape index (κ1) is 24.7. The molecule has 41 heavy (non-hydrogen) atoms. The lowest BCUT2D eigenvalue weighted by Gasteiger charge is -2.16. The average molecular weight is 543 g/mol. The van der Waals surface area contributed by atoms with Gasteiger partial charge in [0.2, 0.25) is 0 Å². The Morgan fingerprint density at radius 1 is 1.02 bits per heavy atom. The van der Waals surface area contributed by atoms with E-state index in [2.05, 4.69) is 27.5 Å². The first-order valence-corrected chi connectivity index (χ1v) is 13.3. The van der Waals surface area contributed by atoms with E-state index in [1.54, 1.807) is 41.3 Å². The molecule has 0 bridgehead atoms. The monoisotopic (exact) mass is 542 g/mol. The number of amides is 1. The van der Waals surface area contributed by atoms with E-state index in [0.29, 0.717) is 39.8 Å². The number of pyridine rings is 2. The number of rotatable bonds is 6. The van der Waals surface area contributed by atoms with Crippen molar-refractivity contribution in [2.75, 3.05) is 5.73 Å². The molecule has 0 saturated heterocycles. The lowest BCUT2D eigenvalue weighted by atomic mass is 10.1. The highest BCUT2D eigenvalue weighted by molar-refractivity contribution is 5.94. The zero-order valence-electron chi connectivity index (χ0n) is 22.0. The molecule has 0 radical (unpaired) electrons. The molecular formula is C31H26N8O2. The quantitative estimate of drug-likeness (QED) is 0.287. The number of carbonyl (C=O) groups is 1. The molecule has 1 amide bonds. The molecule has 1 atom stereocenters. The van der Waals surface area contributed by atoms with Crippen LogP contribution >= 0.6 is 0 Å². The van der Waals surface area contributed by atoms with E-state index in [9.17, 15) is 9.90 Å². The molecule has 4 N–H and O–H groups in total. The number of aliphatic hydroxyl groups excluding tert-OH is 1. The van der Waals surface area contributed by atoms with Gasteiger partial charge < -0.3 is 16.2 Å². The summed E-state index contributed by atoms with van der Waals surface area (Å²) in [5, 5.41) is 16.9. The maximum absolute atomic E-state index is 13.0. The Balaban J connectivity index is 1.29. The van der Waals surface area contributed by atoms with Crippen molar-refractivity contribution >= 4 is 22.9 Å². The van der Waals surface area contributed by atoms with Gasteiger partial charge in [-0.1, -0.05) is 18.2 Å². The molecule has 10 heteroatoms. The predicted molar refractivity (Wildman–Crippen MR) is 155 cm³/mol. The smallest absolute Gasteiger partial charge is 0.251 e. The normalized spacial score (nSPS) is 14.3. The van der Waals surface area contributed by atoms with Crippen LogP contribution in [-0.4, -0.2) is 40.3 Å². The number of imidazole rings is 1. The summed E-state index contributed by atoms with van der Waals surface area (Å²) in [6.07, 6.45) is 6.82. The van der Waals surface area contributed by atoms with Crippen molar-refractivity contribution in [3.8, 4) is 22.9 Å². The number of benzene rings is 2. The number of aromatic nitrogens is 6. The third-order valence-corrected chi connectivity index (χ3v) is 7.45. The minimum atomic E-state index is -0.160. The number of anilines is 1. The lowest BCUT2D eigenvalue weighted by Crippen LogP contribution is -2.27. The van der Waals surface area contributed by atoms with E-state index in [0.717, 1.165) is 35.2 Å². The molecule has 4 aromatic heterocycles. The van der Waals surface area contributed by atoms with Crippen LogP contribution < -0.4 is 11.1 Å². The number of nitrogens with one attached hydrogen (secondary N) is 1. The van der Waals surface area contributed by atoms with Gasteiger partial charge in [0, 0.05) is 29.8 Å². The van der Waals surface area contributed by atoms with Gasteiger partial charge in [-0.25, -0.2) is 19.6 Å². The van der Waals surface area contributed by atoms with E-state index in [4.69, 9.17) is 15.7 Å². The van der Waals surface area contributed by atoms with Gasteiger partial charge in [-0.05, 0) is 84.1 Å². The summed E-state index contributed by atoms with van der Waals surface area (Å²) in [4.78, 5) is 27.1. The van der Waals surface area contributed by atoms with E-state index < -0.39 is 0 Å². The highest BCUT2D eigenvalue weighted by Gasteiger charge is 2.26. The summed E-state index contributed by atoms with van der Waals surface area (Å²) < 4.78 is 3.71. The van der Waals surface area contributed by atoms with Crippen molar-refractivity contribution in [3.05, 3.63) is 114 Å². The zero-order valence-corrected chi connectivity index (χ0v) is 22.0. The van der Waals surface area contributed by atoms with Crippen molar-refractivity contribution in [1.29, 1.82) is 0 Å². The minimum Gasteiger partial charge on any atom is -0.392 e. The van der Waals surface area contributed by atoms with E-state index in [1.807, 2.05) is 47.2 Å².